The van der Waals surface area contributed by atoms with Gasteiger partial charge in [0.15, 0.2) is 0 Å². The minimum absolute atomic E-state index is 0.738. The summed E-state index contributed by atoms with van der Waals surface area (Å²) < 4.78 is 0. The van der Waals surface area contributed by atoms with Crippen LogP contribution in [0.2, 0.25) is 0 Å². The standard InChI is InChI=1S/C15H24/c1-5-12(2)6-9-14(4)15-10-7-13(3)8-11-15/h5-6,9,13,15H,4,7-8,10-11H2,1-3H3/b9-6-,12-5-. The molecular formula is C15H24. The van der Waals surface area contributed by atoms with Crippen LogP contribution in [-0.4, -0.2) is 0 Å². The van der Waals surface area contributed by atoms with E-state index in [0.717, 1.165) is 11.8 Å². The summed E-state index contributed by atoms with van der Waals surface area (Å²) in [5, 5.41) is 0. The molecule has 0 aromatic carbocycles. The van der Waals surface area contributed by atoms with Crippen molar-refractivity contribution in [3.63, 3.8) is 0 Å². The number of allylic oxidation sites excluding steroid dienone is 5. The topological polar surface area (TPSA) is 0 Å². The summed E-state index contributed by atoms with van der Waals surface area (Å²) in [6.07, 6.45) is 11.9. The molecule has 0 aromatic heterocycles. The van der Waals surface area contributed by atoms with Crippen molar-refractivity contribution in [2.24, 2.45) is 11.8 Å². The average Bonchev–Trinajstić information content (AvgIpc) is 2.26. The molecule has 1 fully saturated rings. The van der Waals surface area contributed by atoms with Crippen molar-refractivity contribution in [2.45, 2.75) is 46.5 Å². The molecule has 0 spiro atoms. The third-order valence-electron chi connectivity index (χ3n) is 3.56. The van der Waals surface area contributed by atoms with Crippen LogP contribution in [0.15, 0.2) is 36.0 Å². The van der Waals surface area contributed by atoms with Crippen LogP contribution in [-0.2, 0) is 0 Å². The summed E-state index contributed by atoms with van der Waals surface area (Å²) in [4.78, 5) is 0. The lowest BCUT2D eigenvalue weighted by molar-refractivity contribution is 0.324. The molecule has 0 amide bonds. The molecule has 0 heteroatoms. The second-order valence-corrected chi connectivity index (χ2v) is 4.90. The van der Waals surface area contributed by atoms with Crippen molar-refractivity contribution in [3.05, 3.63) is 36.0 Å². The maximum Gasteiger partial charge on any atom is -0.0168 e. The highest BCUT2D eigenvalue weighted by Gasteiger charge is 2.18. The molecule has 84 valence electrons. The van der Waals surface area contributed by atoms with Crippen molar-refractivity contribution >= 4 is 0 Å². The van der Waals surface area contributed by atoms with Crippen LogP contribution in [0.25, 0.3) is 0 Å². The lowest BCUT2D eigenvalue weighted by atomic mass is 9.79. The van der Waals surface area contributed by atoms with Gasteiger partial charge in [-0.15, -0.1) is 0 Å². The van der Waals surface area contributed by atoms with Gasteiger partial charge >= 0.3 is 0 Å². The summed E-state index contributed by atoms with van der Waals surface area (Å²) in [5.41, 5.74) is 2.64. The van der Waals surface area contributed by atoms with Crippen LogP contribution in [0.4, 0.5) is 0 Å². The Morgan fingerprint density at radius 3 is 2.27 bits per heavy atom. The molecule has 0 nitrogen and oxygen atoms in total. The van der Waals surface area contributed by atoms with Crippen LogP contribution in [0, 0.1) is 11.8 Å². The van der Waals surface area contributed by atoms with E-state index in [0.29, 0.717) is 0 Å². The Kier molecular flexibility index (Phi) is 4.87. The van der Waals surface area contributed by atoms with Crippen LogP contribution in [0.1, 0.15) is 46.5 Å². The highest BCUT2D eigenvalue weighted by Crippen LogP contribution is 2.32. The lowest BCUT2D eigenvalue weighted by Crippen LogP contribution is -2.13. The van der Waals surface area contributed by atoms with E-state index in [1.165, 1.54) is 36.8 Å². The molecule has 0 atom stereocenters. The van der Waals surface area contributed by atoms with E-state index in [9.17, 15) is 0 Å². The van der Waals surface area contributed by atoms with Crippen molar-refractivity contribution < 1.29 is 0 Å². The molecule has 1 aliphatic carbocycles. The highest BCUT2D eigenvalue weighted by atomic mass is 14.2. The molecule has 15 heavy (non-hydrogen) atoms. The molecule has 0 aromatic rings. The first-order chi connectivity index (χ1) is 7.13. The van der Waals surface area contributed by atoms with Gasteiger partial charge in [0.05, 0.1) is 0 Å². The van der Waals surface area contributed by atoms with Gasteiger partial charge in [-0.1, -0.05) is 55.7 Å². The van der Waals surface area contributed by atoms with Crippen LogP contribution in [0.5, 0.6) is 0 Å². The molecule has 1 aliphatic rings. The summed E-state index contributed by atoms with van der Waals surface area (Å²) in [7, 11) is 0. The van der Waals surface area contributed by atoms with E-state index < -0.39 is 0 Å². The molecule has 0 saturated heterocycles. The molecular weight excluding hydrogens is 180 g/mol. The Morgan fingerprint density at radius 2 is 1.73 bits per heavy atom. The third kappa shape index (κ3) is 4.07. The summed E-state index contributed by atoms with van der Waals surface area (Å²) in [6.45, 7) is 10.8. The van der Waals surface area contributed by atoms with Gasteiger partial charge in [-0.3, -0.25) is 0 Å². The lowest BCUT2D eigenvalue weighted by Gasteiger charge is -2.26. The predicted octanol–water partition coefficient (Wildman–Crippen LogP) is 4.89. The Balaban J connectivity index is 2.44. The number of rotatable bonds is 3. The highest BCUT2D eigenvalue weighted by molar-refractivity contribution is 5.26. The van der Waals surface area contributed by atoms with Crippen molar-refractivity contribution in [1.82, 2.24) is 0 Å². The van der Waals surface area contributed by atoms with Gasteiger partial charge in [-0.05, 0) is 38.5 Å². The smallest absolute Gasteiger partial charge is 0.0168 e. The fraction of sp³-hybridized carbons (Fsp3) is 0.600. The van der Waals surface area contributed by atoms with Gasteiger partial charge in [0.2, 0.25) is 0 Å². The normalized spacial score (nSPS) is 28.3. The van der Waals surface area contributed by atoms with E-state index >= 15 is 0 Å². The van der Waals surface area contributed by atoms with E-state index in [2.05, 4.69) is 45.6 Å². The Labute approximate surface area is 94.8 Å². The zero-order valence-electron chi connectivity index (χ0n) is 10.4. The molecule has 0 heterocycles. The molecule has 0 radical (unpaired) electrons. The fourth-order valence-electron chi connectivity index (χ4n) is 2.10. The second kappa shape index (κ2) is 5.95. The zero-order chi connectivity index (χ0) is 11.3. The number of hydrogen-bond donors (Lipinski definition) is 0. The maximum atomic E-state index is 4.20. The first kappa shape index (κ1) is 12.3. The second-order valence-electron chi connectivity index (χ2n) is 4.90. The Bertz CT molecular complexity index is 260. The first-order valence-corrected chi connectivity index (χ1v) is 6.13. The molecule has 1 rings (SSSR count). The SMILES string of the molecule is C=C(/C=C\C(C)=C/C)C1CCC(C)CC1. The predicted molar refractivity (Wildman–Crippen MR) is 68.8 cm³/mol. The maximum absolute atomic E-state index is 4.20. The molecule has 1 saturated carbocycles. The van der Waals surface area contributed by atoms with E-state index in [1.807, 2.05) is 0 Å². The molecule has 0 unspecified atom stereocenters. The van der Waals surface area contributed by atoms with Crippen molar-refractivity contribution in [2.75, 3.05) is 0 Å². The van der Waals surface area contributed by atoms with E-state index in [4.69, 9.17) is 0 Å². The fourth-order valence-corrected chi connectivity index (χ4v) is 2.10. The quantitative estimate of drug-likeness (QED) is 0.574. The van der Waals surface area contributed by atoms with E-state index in [-0.39, 0.29) is 0 Å². The van der Waals surface area contributed by atoms with Crippen LogP contribution in [0.3, 0.4) is 0 Å². The Hall–Kier alpha value is -0.780. The van der Waals surface area contributed by atoms with Crippen molar-refractivity contribution in [1.29, 1.82) is 0 Å². The third-order valence-corrected chi connectivity index (χ3v) is 3.56. The Morgan fingerprint density at radius 1 is 1.13 bits per heavy atom. The van der Waals surface area contributed by atoms with Crippen LogP contribution < -0.4 is 0 Å². The average molecular weight is 204 g/mol. The molecule has 0 N–H and O–H groups in total. The largest absolute Gasteiger partial charge is 0.0955 e. The van der Waals surface area contributed by atoms with Crippen LogP contribution >= 0.6 is 0 Å². The monoisotopic (exact) mass is 204 g/mol. The molecule has 0 aliphatic heterocycles. The van der Waals surface area contributed by atoms with E-state index in [1.54, 1.807) is 0 Å². The summed E-state index contributed by atoms with van der Waals surface area (Å²) >= 11 is 0. The minimum Gasteiger partial charge on any atom is -0.0955 e. The van der Waals surface area contributed by atoms with Gasteiger partial charge in [-0.25, -0.2) is 0 Å². The van der Waals surface area contributed by atoms with Gasteiger partial charge in [0.25, 0.3) is 0 Å². The number of hydrogen-bond acceptors (Lipinski definition) is 0. The zero-order valence-corrected chi connectivity index (χ0v) is 10.4. The van der Waals surface area contributed by atoms with Gasteiger partial charge < -0.3 is 0 Å². The summed E-state index contributed by atoms with van der Waals surface area (Å²) in [5.74, 6) is 1.66. The van der Waals surface area contributed by atoms with Gasteiger partial charge in [-0.2, -0.15) is 0 Å². The first-order valence-electron chi connectivity index (χ1n) is 6.13. The van der Waals surface area contributed by atoms with Gasteiger partial charge in [0.1, 0.15) is 0 Å². The molecule has 0 bridgehead atoms. The minimum atomic E-state index is 0.738. The van der Waals surface area contributed by atoms with Gasteiger partial charge in [0, 0.05) is 0 Å². The summed E-state index contributed by atoms with van der Waals surface area (Å²) in [6, 6.07) is 0. The van der Waals surface area contributed by atoms with Crippen molar-refractivity contribution in [3.8, 4) is 0 Å².